The molecule has 0 aliphatic carbocycles. The molecule has 0 radical (unpaired) electrons. The molecule has 1 amide bonds. The van der Waals surface area contributed by atoms with Crippen LogP contribution in [-0.2, 0) is 9.59 Å². The Hall–Kier alpha value is -2.21. The van der Waals surface area contributed by atoms with Crippen LogP contribution >= 0.6 is 0 Å². The molecule has 1 aromatic rings. The van der Waals surface area contributed by atoms with Crippen LogP contribution in [0, 0.1) is 11.8 Å². The number of benzene rings is 1. The van der Waals surface area contributed by atoms with Gasteiger partial charge in [0.2, 0.25) is 0 Å². The molecular weight excluding hydrogens is 354 g/mol. The number of likely N-dealkylation sites (N-methyl/N-ethyl adjacent to an activating group) is 1. The van der Waals surface area contributed by atoms with E-state index >= 15 is 0 Å². The summed E-state index contributed by atoms with van der Waals surface area (Å²) in [6, 6.07) is 6.67. The average molecular weight is 388 g/mol. The Kier molecular flexibility index (Phi) is 7.75. The molecule has 6 nitrogen and oxygen atoms in total. The molecule has 28 heavy (non-hydrogen) atoms. The van der Waals surface area contributed by atoms with E-state index in [0.717, 1.165) is 31.9 Å². The lowest BCUT2D eigenvalue weighted by molar-refractivity contribution is -0.129. The summed E-state index contributed by atoms with van der Waals surface area (Å²) in [5.41, 5.74) is 1.59. The number of carbonyl (C=O) groups is 3. The predicted molar refractivity (Wildman–Crippen MR) is 112 cm³/mol. The predicted octanol–water partition coefficient (Wildman–Crippen LogP) is 2.38. The molecule has 0 saturated carbocycles. The van der Waals surface area contributed by atoms with E-state index in [-0.39, 0.29) is 35.7 Å². The minimum atomic E-state index is -0.778. The van der Waals surface area contributed by atoms with Gasteiger partial charge in [0.15, 0.2) is 5.78 Å². The molecule has 154 valence electrons. The maximum absolute atomic E-state index is 12.7. The van der Waals surface area contributed by atoms with Crippen LogP contribution in [0.25, 0.3) is 0 Å². The first-order valence-corrected chi connectivity index (χ1v) is 10.1. The summed E-state index contributed by atoms with van der Waals surface area (Å²) in [5.74, 6) is -0.867. The third-order valence-corrected chi connectivity index (χ3v) is 5.26. The SMILES string of the molecule is CC(C)C(=O)CC(NC(=O)c1ccc(N2CCN(C)CC2)cc1)C(=O)C(C)C. The van der Waals surface area contributed by atoms with Crippen LogP contribution in [0.3, 0.4) is 0 Å². The Bertz CT molecular complexity index is 689. The molecule has 2 rings (SSSR count). The molecule has 1 unspecified atom stereocenters. The number of nitrogens with one attached hydrogen (secondary N) is 1. The van der Waals surface area contributed by atoms with Gasteiger partial charge < -0.3 is 15.1 Å². The zero-order valence-corrected chi connectivity index (χ0v) is 17.7. The van der Waals surface area contributed by atoms with Crippen LogP contribution in [-0.4, -0.2) is 61.6 Å². The molecule has 1 aliphatic heterocycles. The number of rotatable bonds is 8. The second-order valence-corrected chi connectivity index (χ2v) is 8.25. The Labute approximate surface area is 168 Å². The lowest BCUT2D eigenvalue weighted by Crippen LogP contribution is -2.45. The second-order valence-electron chi connectivity index (χ2n) is 8.25. The topological polar surface area (TPSA) is 69.7 Å². The molecule has 6 heteroatoms. The van der Waals surface area contributed by atoms with Gasteiger partial charge in [-0.25, -0.2) is 0 Å². The summed E-state index contributed by atoms with van der Waals surface area (Å²) >= 11 is 0. The number of Topliss-reactive ketones (excluding diaryl/α,β-unsaturated/α-hetero) is 2. The Morgan fingerprint density at radius 2 is 1.50 bits per heavy atom. The van der Waals surface area contributed by atoms with E-state index in [1.807, 2.05) is 12.1 Å². The highest BCUT2D eigenvalue weighted by molar-refractivity contribution is 6.00. The van der Waals surface area contributed by atoms with Crippen LogP contribution in [0.2, 0.25) is 0 Å². The average Bonchev–Trinajstić information content (AvgIpc) is 2.67. The quantitative estimate of drug-likeness (QED) is 0.742. The third-order valence-electron chi connectivity index (χ3n) is 5.26. The van der Waals surface area contributed by atoms with Crippen molar-refractivity contribution in [3.63, 3.8) is 0 Å². The maximum Gasteiger partial charge on any atom is 0.251 e. The molecule has 1 atom stereocenters. The highest BCUT2D eigenvalue weighted by Crippen LogP contribution is 2.17. The summed E-state index contributed by atoms with van der Waals surface area (Å²) in [7, 11) is 2.11. The smallest absolute Gasteiger partial charge is 0.251 e. The van der Waals surface area contributed by atoms with E-state index in [1.165, 1.54) is 0 Å². The molecule has 0 aromatic heterocycles. The van der Waals surface area contributed by atoms with Gasteiger partial charge in [0, 0.05) is 55.7 Å². The van der Waals surface area contributed by atoms with E-state index < -0.39 is 6.04 Å². The van der Waals surface area contributed by atoms with Crippen LogP contribution in [0.15, 0.2) is 24.3 Å². The van der Waals surface area contributed by atoms with E-state index in [4.69, 9.17) is 0 Å². The molecule has 1 heterocycles. The van der Waals surface area contributed by atoms with E-state index in [9.17, 15) is 14.4 Å². The first kappa shape index (κ1) is 22.1. The Balaban J connectivity index is 2.05. The van der Waals surface area contributed by atoms with E-state index in [2.05, 4.69) is 22.2 Å². The number of hydrogen-bond acceptors (Lipinski definition) is 5. The number of nitrogens with zero attached hydrogens (tertiary/aromatic N) is 2. The lowest BCUT2D eigenvalue weighted by atomic mass is 9.93. The van der Waals surface area contributed by atoms with E-state index in [0.29, 0.717) is 5.56 Å². The number of hydrogen-bond donors (Lipinski definition) is 1. The molecule has 1 aliphatic rings. The van der Waals surface area contributed by atoms with Crippen molar-refractivity contribution in [3.8, 4) is 0 Å². The van der Waals surface area contributed by atoms with Crippen molar-refractivity contribution in [3.05, 3.63) is 29.8 Å². The van der Waals surface area contributed by atoms with Gasteiger partial charge in [-0.2, -0.15) is 0 Å². The van der Waals surface area contributed by atoms with Crippen LogP contribution in [0.1, 0.15) is 44.5 Å². The zero-order chi connectivity index (χ0) is 20.8. The maximum atomic E-state index is 12.7. The minimum absolute atomic E-state index is 0.0234. The van der Waals surface area contributed by atoms with E-state index in [1.54, 1.807) is 39.8 Å². The molecule has 0 spiro atoms. The first-order chi connectivity index (χ1) is 13.2. The van der Waals surface area contributed by atoms with Gasteiger partial charge in [-0.1, -0.05) is 27.7 Å². The fourth-order valence-electron chi connectivity index (χ4n) is 3.19. The van der Waals surface area contributed by atoms with Gasteiger partial charge in [-0.3, -0.25) is 14.4 Å². The molecule has 1 saturated heterocycles. The van der Waals surface area contributed by atoms with Gasteiger partial charge in [0.25, 0.3) is 5.91 Å². The number of amides is 1. The highest BCUT2D eigenvalue weighted by Gasteiger charge is 2.27. The van der Waals surface area contributed by atoms with Crippen molar-refractivity contribution in [2.24, 2.45) is 11.8 Å². The van der Waals surface area contributed by atoms with Gasteiger partial charge in [0.05, 0.1) is 6.04 Å². The molecule has 0 bridgehead atoms. The fraction of sp³-hybridized carbons (Fsp3) is 0.591. The van der Waals surface area contributed by atoms with Gasteiger partial charge in [-0.05, 0) is 31.3 Å². The fourth-order valence-corrected chi connectivity index (χ4v) is 3.19. The molecular formula is C22H33N3O3. The monoisotopic (exact) mass is 387 g/mol. The van der Waals surface area contributed by atoms with Crippen molar-refractivity contribution < 1.29 is 14.4 Å². The summed E-state index contributed by atoms with van der Waals surface area (Å²) in [4.78, 5) is 41.9. The number of ketones is 2. The number of anilines is 1. The zero-order valence-electron chi connectivity index (χ0n) is 17.7. The Morgan fingerprint density at radius 1 is 0.929 bits per heavy atom. The van der Waals surface area contributed by atoms with Gasteiger partial charge in [-0.15, -0.1) is 0 Å². The van der Waals surface area contributed by atoms with Crippen LogP contribution < -0.4 is 10.2 Å². The first-order valence-electron chi connectivity index (χ1n) is 10.1. The summed E-state index contributed by atoms with van der Waals surface area (Å²) in [5, 5.41) is 2.78. The third kappa shape index (κ3) is 5.89. The normalized spacial score (nSPS) is 16.3. The van der Waals surface area contributed by atoms with Gasteiger partial charge >= 0.3 is 0 Å². The molecule has 1 N–H and O–H groups in total. The van der Waals surface area contributed by atoms with Crippen LogP contribution in [0.4, 0.5) is 5.69 Å². The van der Waals surface area contributed by atoms with Crippen molar-refractivity contribution in [1.82, 2.24) is 10.2 Å². The standard InChI is InChI=1S/C22H33N3O3/c1-15(2)20(26)14-19(21(27)16(3)4)23-22(28)17-6-8-18(9-7-17)25-12-10-24(5)11-13-25/h6-9,15-16,19H,10-14H2,1-5H3,(H,23,28). The van der Waals surface area contributed by atoms with Crippen molar-refractivity contribution in [2.75, 3.05) is 38.1 Å². The van der Waals surface area contributed by atoms with Crippen molar-refractivity contribution >= 4 is 23.2 Å². The second kappa shape index (κ2) is 9.82. The highest BCUT2D eigenvalue weighted by atomic mass is 16.2. The van der Waals surface area contributed by atoms with Gasteiger partial charge in [0.1, 0.15) is 5.78 Å². The van der Waals surface area contributed by atoms with Crippen molar-refractivity contribution in [2.45, 2.75) is 40.2 Å². The van der Waals surface area contributed by atoms with Crippen molar-refractivity contribution in [1.29, 1.82) is 0 Å². The summed E-state index contributed by atoms with van der Waals surface area (Å²) < 4.78 is 0. The summed E-state index contributed by atoms with van der Waals surface area (Å²) in [6.07, 6.45) is 0.0415. The molecule has 1 aromatic carbocycles. The number of carbonyl (C=O) groups excluding carboxylic acids is 3. The largest absolute Gasteiger partial charge is 0.369 e. The summed E-state index contributed by atoms with van der Waals surface area (Å²) in [6.45, 7) is 11.1. The Morgan fingerprint density at radius 3 is 2.00 bits per heavy atom. The van der Waals surface area contributed by atoms with Crippen LogP contribution in [0.5, 0.6) is 0 Å². The number of piperazine rings is 1. The molecule has 1 fully saturated rings. The minimum Gasteiger partial charge on any atom is -0.369 e. The lowest BCUT2D eigenvalue weighted by Gasteiger charge is -2.34.